The first-order valence-electron chi connectivity index (χ1n) is 4.99. The van der Waals surface area contributed by atoms with Gasteiger partial charge in [0.15, 0.2) is 0 Å². The molecule has 13 heavy (non-hydrogen) atoms. The van der Waals surface area contributed by atoms with E-state index in [0.717, 1.165) is 6.42 Å². The topological polar surface area (TPSA) is 32.8 Å². The molecule has 0 amide bonds. The van der Waals surface area contributed by atoms with Gasteiger partial charge in [0.05, 0.1) is 12.2 Å². The Balaban J connectivity index is 1.86. The minimum absolute atomic E-state index is 0.270. The lowest BCUT2D eigenvalue weighted by Gasteiger charge is -2.30. The molecule has 1 N–H and O–H groups in total. The number of terminal acetylenes is 1. The van der Waals surface area contributed by atoms with Crippen LogP contribution in [0.15, 0.2) is 0 Å². The summed E-state index contributed by atoms with van der Waals surface area (Å²) in [5.74, 6) is 3.99. The maximum absolute atomic E-state index is 9.99. The summed E-state index contributed by atoms with van der Waals surface area (Å²) in [7, 11) is 0. The molecule has 70 valence electrons. The Labute approximate surface area is 78.3 Å². The lowest BCUT2D eigenvalue weighted by molar-refractivity contribution is 0.0286. The monoisotopic (exact) mass is 178 g/mol. The van der Waals surface area contributed by atoms with Gasteiger partial charge in [-0.15, -0.1) is 6.42 Å². The molecule has 0 aromatic carbocycles. The second-order valence-corrected chi connectivity index (χ2v) is 4.86. The van der Waals surface area contributed by atoms with Crippen molar-refractivity contribution in [2.45, 2.75) is 37.6 Å². The van der Waals surface area contributed by atoms with Gasteiger partial charge in [-0.2, -0.15) is 0 Å². The van der Waals surface area contributed by atoms with Crippen molar-refractivity contribution in [1.29, 1.82) is 0 Å². The van der Waals surface area contributed by atoms with Crippen LogP contribution < -0.4 is 0 Å². The Hall–Kier alpha value is -0.520. The Morgan fingerprint density at radius 1 is 1.46 bits per heavy atom. The largest absolute Gasteiger partial charge is 0.378 e. The highest BCUT2D eigenvalue weighted by molar-refractivity contribution is 5.19. The minimum Gasteiger partial charge on any atom is -0.378 e. The fraction of sp³-hybridized carbons (Fsp3) is 0.818. The molecule has 1 saturated heterocycles. The SMILES string of the molecule is C#CC(C)(O)C1C[C@@H]2C[C@H]1[C@H]1O[C@@H]21. The predicted molar refractivity (Wildman–Crippen MR) is 47.8 cm³/mol. The zero-order valence-electron chi connectivity index (χ0n) is 7.73. The summed E-state index contributed by atoms with van der Waals surface area (Å²) in [6.07, 6.45) is 8.57. The smallest absolute Gasteiger partial charge is 0.125 e. The lowest BCUT2D eigenvalue weighted by atomic mass is 9.77. The average Bonchev–Trinajstić information content (AvgIpc) is 2.71. The van der Waals surface area contributed by atoms with Gasteiger partial charge in [-0.3, -0.25) is 0 Å². The zero-order chi connectivity index (χ0) is 9.22. The van der Waals surface area contributed by atoms with Crippen LogP contribution in [0.2, 0.25) is 0 Å². The molecule has 2 heteroatoms. The summed E-state index contributed by atoms with van der Waals surface area (Å²) in [6.45, 7) is 1.76. The summed E-state index contributed by atoms with van der Waals surface area (Å²) >= 11 is 0. The van der Waals surface area contributed by atoms with Crippen molar-refractivity contribution in [3.8, 4) is 12.3 Å². The molecule has 0 radical (unpaired) electrons. The van der Waals surface area contributed by atoms with Crippen LogP contribution in [0.1, 0.15) is 19.8 Å². The average molecular weight is 178 g/mol. The lowest BCUT2D eigenvalue weighted by Crippen LogP contribution is -2.38. The van der Waals surface area contributed by atoms with E-state index in [-0.39, 0.29) is 5.92 Å². The summed E-state index contributed by atoms with van der Waals surface area (Å²) in [6, 6.07) is 0. The van der Waals surface area contributed by atoms with Crippen molar-refractivity contribution in [3.05, 3.63) is 0 Å². The number of hydrogen-bond donors (Lipinski definition) is 1. The van der Waals surface area contributed by atoms with Crippen molar-refractivity contribution in [2.24, 2.45) is 17.8 Å². The Bertz CT molecular complexity index is 289. The van der Waals surface area contributed by atoms with Crippen molar-refractivity contribution < 1.29 is 9.84 Å². The highest BCUT2D eigenvalue weighted by atomic mass is 16.6. The number of epoxide rings is 1. The quantitative estimate of drug-likeness (QED) is 0.475. The van der Waals surface area contributed by atoms with E-state index in [1.807, 2.05) is 0 Å². The molecule has 3 aliphatic rings. The third kappa shape index (κ3) is 0.868. The molecule has 2 nitrogen and oxygen atoms in total. The predicted octanol–water partition coefficient (Wildman–Crippen LogP) is 0.794. The van der Waals surface area contributed by atoms with E-state index in [0.29, 0.717) is 24.0 Å². The molecule has 2 aliphatic carbocycles. The minimum atomic E-state index is -0.920. The fourth-order valence-corrected chi connectivity index (χ4v) is 3.36. The molecule has 3 rings (SSSR count). The molecule has 0 aromatic rings. The van der Waals surface area contributed by atoms with Crippen LogP contribution in [0.5, 0.6) is 0 Å². The van der Waals surface area contributed by atoms with Gasteiger partial charge >= 0.3 is 0 Å². The number of hydrogen-bond acceptors (Lipinski definition) is 2. The molecule has 1 aliphatic heterocycles. The van der Waals surface area contributed by atoms with Crippen molar-refractivity contribution in [1.82, 2.24) is 0 Å². The molecular formula is C11H14O2. The zero-order valence-corrected chi connectivity index (χ0v) is 7.73. The van der Waals surface area contributed by atoms with Crippen LogP contribution in [0.25, 0.3) is 0 Å². The summed E-state index contributed by atoms with van der Waals surface area (Å²) in [5, 5.41) is 9.99. The van der Waals surface area contributed by atoms with E-state index in [4.69, 9.17) is 11.2 Å². The standard InChI is InChI=1S/C11H14O2/c1-3-11(2,12)8-5-6-4-7(8)10-9(6)13-10/h1,6-10,12H,4-5H2,2H3/t6-,7+,8?,9-,10+,11?/m0/s1. The first-order valence-corrected chi connectivity index (χ1v) is 4.99. The maximum Gasteiger partial charge on any atom is 0.125 e. The summed E-state index contributed by atoms with van der Waals surface area (Å²) in [5.41, 5.74) is -0.920. The van der Waals surface area contributed by atoms with Gasteiger partial charge in [0.1, 0.15) is 5.60 Å². The van der Waals surface area contributed by atoms with E-state index >= 15 is 0 Å². The van der Waals surface area contributed by atoms with Crippen molar-refractivity contribution >= 4 is 0 Å². The van der Waals surface area contributed by atoms with E-state index in [1.165, 1.54) is 6.42 Å². The number of ether oxygens (including phenoxy) is 1. The van der Waals surface area contributed by atoms with Crippen LogP contribution >= 0.6 is 0 Å². The van der Waals surface area contributed by atoms with Crippen molar-refractivity contribution in [2.75, 3.05) is 0 Å². The van der Waals surface area contributed by atoms with Gasteiger partial charge in [0, 0.05) is 5.92 Å². The second kappa shape index (κ2) is 2.10. The van der Waals surface area contributed by atoms with Crippen LogP contribution in [-0.4, -0.2) is 22.9 Å². The van der Waals surface area contributed by atoms with Gasteiger partial charge in [-0.25, -0.2) is 0 Å². The Kier molecular flexibility index (Phi) is 1.27. The highest BCUT2D eigenvalue weighted by Crippen LogP contribution is 2.60. The fourth-order valence-electron chi connectivity index (χ4n) is 3.36. The molecule has 3 fully saturated rings. The molecule has 0 aromatic heterocycles. The number of aliphatic hydroxyl groups is 1. The van der Waals surface area contributed by atoms with E-state index in [1.54, 1.807) is 6.92 Å². The first-order chi connectivity index (χ1) is 6.13. The molecule has 6 atom stereocenters. The maximum atomic E-state index is 9.99. The van der Waals surface area contributed by atoms with E-state index in [9.17, 15) is 5.11 Å². The Morgan fingerprint density at radius 2 is 2.23 bits per heavy atom. The van der Waals surface area contributed by atoms with Crippen molar-refractivity contribution in [3.63, 3.8) is 0 Å². The molecule has 0 spiro atoms. The normalized spacial score (nSPS) is 55.3. The van der Waals surface area contributed by atoms with Gasteiger partial charge in [-0.05, 0) is 31.6 Å². The molecule has 2 saturated carbocycles. The molecule has 2 unspecified atom stereocenters. The third-order valence-corrected chi connectivity index (χ3v) is 4.11. The second-order valence-electron chi connectivity index (χ2n) is 4.86. The number of fused-ring (bicyclic) bond motifs is 5. The van der Waals surface area contributed by atoms with E-state index in [2.05, 4.69) is 5.92 Å². The van der Waals surface area contributed by atoms with Crippen LogP contribution in [0.4, 0.5) is 0 Å². The van der Waals surface area contributed by atoms with Gasteiger partial charge < -0.3 is 9.84 Å². The molecule has 1 heterocycles. The number of rotatable bonds is 1. The van der Waals surface area contributed by atoms with Crippen LogP contribution in [0.3, 0.4) is 0 Å². The summed E-state index contributed by atoms with van der Waals surface area (Å²) < 4.78 is 5.53. The van der Waals surface area contributed by atoms with E-state index < -0.39 is 5.60 Å². The van der Waals surface area contributed by atoms with Gasteiger partial charge in [0.25, 0.3) is 0 Å². The molecule has 2 bridgehead atoms. The summed E-state index contributed by atoms with van der Waals surface area (Å²) in [4.78, 5) is 0. The first kappa shape index (κ1) is 7.84. The third-order valence-electron chi connectivity index (χ3n) is 4.11. The molecular weight excluding hydrogens is 164 g/mol. The van der Waals surface area contributed by atoms with Gasteiger partial charge in [-0.1, -0.05) is 5.92 Å². The van der Waals surface area contributed by atoms with Gasteiger partial charge in [0.2, 0.25) is 0 Å². The highest BCUT2D eigenvalue weighted by Gasteiger charge is 2.65. The Morgan fingerprint density at radius 3 is 2.77 bits per heavy atom. The van der Waals surface area contributed by atoms with Crippen LogP contribution in [-0.2, 0) is 4.74 Å². The van der Waals surface area contributed by atoms with Crippen LogP contribution in [0, 0.1) is 30.1 Å².